The Morgan fingerprint density at radius 3 is 2.58 bits per heavy atom. The molecule has 2 amide bonds. The van der Waals surface area contributed by atoms with Gasteiger partial charge in [-0.2, -0.15) is 18.3 Å². The second-order valence-electron chi connectivity index (χ2n) is 11.4. The molecule has 0 spiro atoms. The van der Waals surface area contributed by atoms with Crippen molar-refractivity contribution >= 4 is 34.4 Å². The van der Waals surface area contributed by atoms with Crippen LogP contribution in [0.4, 0.5) is 33.7 Å². The lowest BCUT2D eigenvalue weighted by Crippen LogP contribution is -2.49. The number of piperidine rings is 1. The van der Waals surface area contributed by atoms with E-state index in [0.29, 0.717) is 19.4 Å². The number of nitrogens with zero attached hydrogens (tertiary/aromatic N) is 4. The third-order valence-electron chi connectivity index (χ3n) is 6.84. The van der Waals surface area contributed by atoms with E-state index in [2.05, 4.69) is 25.7 Å². The molecule has 0 bridgehead atoms. The van der Waals surface area contributed by atoms with Crippen molar-refractivity contribution in [3.05, 3.63) is 71.6 Å². The van der Waals surface area contributed by atoms with Gasteiger partial charge in [0.1, 0.15) is 17.1 Å². The maximum absolute atomic E-state index is 14.3. The van der Waals surface area contributed by atoms with Gasteiger partial charge < -0.3 is 25.3 Å². The standard InChI is InChI=1S/C29H31F4N7O3/c1-28(2,3)43-27(42)37-20-5-4-10-39(16-20)24-21(29(31,32)33)12-34-25-23(24)22(13-35-25)38-26(41)18-11-36-40(15-18)14-17-6-8-19(30)9-7-17/h6-9,11-13,15,20H,4-5,10,14,16H2,1-3H3,(H,34,35)(H,37,42)(H,38,41). The summed E-state index contributed by atoms with van der Waals surface area (Å²) < 4.78 is 63.0. The Bertz CT molecular complexity index is 1620. The summed E-state index contributed by atoms with van der Waals surface area (Å²) in [7, 11) is 0. The monoisotopic (exact) mass is 601 g/mol. The molecule has 1 aliphatic rings. The molecular formula is C29H31F4N7O3. The molecule has 228 valence electrons. The number of pyridine rings is 1. The lowest BCUT2D eigenvalue weighted by atomic mass is 10.0. The molecule has 4 heterocycles. The van der Waals surface area contributed by atoms with E-state index in [1.54, 1.807) is 37.8 Å². The van der Waals surface area contributed by atoms with Crippen molar-refractivity contribution in [3.63, 3.8) is 0 Å². The number of ether oxygens (including phenoxy) is 1. The lowest BCUT2D eigenvalue weighted by molar-refractivity contribution is -0.137. The van der Waals surface area contributed by atoms with Crippen molar-refractivity contribution in [1.82, 2.24) is 25.1 Å². The number of aromatic nitrogens is 4. The van der Waals surface area contributed by atoms with Crippen molar-refractivity contribution in [2.24, 2.45) is 0 Å². The first kappa shape index (κ1) is 29.9. The minimum Gasteiger partial charge on any atom is -0.444 e. The van der Waals surface area contributed by atoms with Crippen LogP contribution in [0.2, 0.25) is 0 Å². The SMILES string of the molecule is CC(C)(C)OC(=O)NC1CCCN(c2c(C(F)(F)F)cnc3[nH]cc(NC(=O)c4cnn(Cc5ccc(F)cc5)c4)c23)C1. The van der Waals surface area contributed by atoms with E-state index < -0.39 is 35.4 Å². The molecule has 0 radical (unpaired) electrons. The lowest BCUT2D eigenvalue weighted by Gasteiger charge is -2.36. The largest absolute Gasteiger partial charge is 0.444 e. The van der Waals surface area contributed by atoms with Crippen LogP contribution in [0, 0.1) is 5.82 Å². The van der Waals surface area contributed by atoms with Gasteiger partial charge in [-0.15, -0.1) is 0 Å². The molecule has 14 heteroatoms. The van der Waals surface area contributed by atoms with Crippen LogP contribution < -0.4 is 15.5 Å². The Hall–Kier alpha value is -4.62. The number of anilines is 2. The molecule has 1 aromatic carbocycles. The van der Waals surface area contributed by atoms with E-state index in [1.165, 1.54) is 35.4 Å². The predicted octanol–water partition coefficient (Wildman–Crippen LogP) is 5.71. The maximum Gasteiger partial charge on any atom is 0.419 e. The zero-order valence-electron chi connectivity index (χ0n) is 23.8. The fraction of sp³-hybridized carbons (Fsp3) is 0.379. The zero-order chi connectivity index (χ0) is 30.9. The Labute approximate surface area is 244 Å². The molecule has 3 N–H and O–H groups in total. The van der Waals surface area contributed by atoms with E-state index in [4.69, 9.17) is 4.74 Å². The van der Waals surface area contributed by atoms with E-state index in [0.717, 1.165) is 11.8 Å². The molecule has 1 unspecified atom stereocenters. The molecule has 0 aliphatic carbocycles. The summed E-state index contributed by atoms with van der Waals surface area (Å²) in [5, 5.41) is 9.73. The maximum atomic E-state index is 14.3. The third-order valence-corrected chi connectivity index (χ3v) is 6.84. The highest BCUT2D eigenvalue weighted by molar-refractivity contribution is 6.11. The van der Waals surface area contributed by atoms with Gasteiger partial charge in [-0.25, -0.2) is 14.2 Å². The Morgan fingerprint density at radius 2 is 1.88 bits per heavy atom. The summed E-state index contributed by atoms with van der Waals surface area (Å²) in [5.41, 5.74) is -0.608. The Balaban J connectivity index is 1.42. The van der Waals surface area contributed by atoms with Crippen LogP contribution in [0.25, 0.3) is 11.0 Å². The summed E-state index contributed by atoms with van der Waals surface area (Å²) in [6.45, 7) is 5.85. The number of amides is 2. The molecule has 1 atom stereocenters. The van der Waals surface area contributed by atoms with Gasteiger partial charge in [-0.05, 0) is 51.3 Å². The molecular weight excluding hydrogens is 570 g/mol. The zero-order valence-corrected chi connectivity index (χ0v) is 23.8. The van der Waals surface area contributed by atoms with Crippen LogP contribution in [-0.2, 0) is 17.5 Å². The highest BCUT2D eigenvalue weighted by atomic mass is 19.4. The number of hydrogen-bond donors (Lipinski definition) is 3. The van der Waals surface area contributed by atoms with Crippen molar-refractivity contribution in [2.75, 3.05) is 23.3 Å². The minimum absolute atomic E-state index is 0.0934. The van der Waals surface area contributed by atoms with Crippen molar-refractivity contribution in [1.29, 1.82) is 0 Å². The van der Waals surface area contributed by atoms with Crippen molar-refractivity contribution < 1.29 is 31.9 Å². The first-order chi connectivity index (χ1) is 20.3. The van der Waals surface area contributed by atoms with E-state index in [9.17, 15) is 27.2 Å². The number of benzene rings is 1. The van der Waals surface area contributed by atoms with Gasteiger partial charge in [0.15, 0.2) is 0 Å². The normalized spacial score (nSPS) is 15.9. The van der Waals surface area contributed by atoms with Crippen LogP contribution in [0.5, 0.6) is 0 Å². The quantitative estimate of drug-likeness (QED) is 0.244. The van der Waals surface area contributed by atoms with Gasteiger partial charge in [-0.3, -0.25) is 9.48 Å². The molecule has 1 fully saturated rings. The van der Waals surface area contributed by atoms with Gasteiger partial charge in [0.25, 0.3) is 5.91 Å². The number of fused-ring (bicyclic) bond motifs is 1. The van der Waals surface area contributed by atoms with E-state index in [1.807, 2.05) is 0 Å². The van der Waals surface area contributed by atoms with Crippen LogP contribution in [0.1, 0.15) is 55.1 Å². The van der Waals surface area contributed by atoms with E-state index in [-0.39, 0.29) is 46.9 Å². The highest BCUT2D eigenvalue weighted by Gasteiger charge is 2.39. The second kappa shape index (κ2) is 11.6. The van der Waals surface area contributed by atoms with Crippen LogP contribution in [0.15, 0.2) is 49.1 Å². The molecule has 4 aromatic rings. The smallest absolute Gasteiger partial charge is 0.419 e. The van der Waals surface area contributed by atoms with Gasteiger partial charge in [0.05, 0.1) is 40.6 Å². The minimum atomic E-state index is -4.73. The number of alkyl carbamates (subject to hydrolysis) is 1. The molecule has 3 aromatic heterocycles. The second-order valence-corrected chi connectivity index (χ2v) is 11.4. The Kier molecular flexibility index (Phi) is 8.04. The number of H-pyrrole nitrogens is 1. The summed E-state index contributed by atoms with van der Waals surface area (Å²) in [4.78, 5) is 34.0. The van der Waals surface area contributed by atoms with Crippen LogP contribution >= 0.6 is 0 Å². The van der Waals surface area contributed by atoms with Gasteiger partial charge >= 0.3 is 12.3 Å². The number of rotatable bonds is 6. The summed E-state index contributed by atoms with van der Waals surface area (Å²) in [5.74, 6) is -0.956. The number of hydrogen-bond acceptors (Lipinski definition) is 6. The fourth-order valence-corrected chi connectivity index (χ4v) is 5.02. The number of carbonyl (C=O) groups is 2. The fourth-order valence-electron chi connectivity index (χ4n) is 5.02. The molecule has 5 rings (SSSR count). The number of aromatic amines is 1. The molecule has 1 aliphatic heterocycles. The third kappa shape index (κ3) is 7.07. The number of nitrogens with one attached hydrogen (secondary N) is 3. The number of alkyl halides is 3. The number of carbonyl (C=O) groups excluding carboxylic acids is 2. The van der Waals surface area contributed by atoms with Gasteiger partial charge in [0, 0.05) is 37.7 Å². The summed E-state index contributed by atoms with van der Waals surface area (Å²) in [6, 6.07) is 5.38. The van der Waals surface area contributed by atoms with Crippen LogP contribution in [0.3, 0.4) is 0 Å². The first-order valence-corrected chi connectivity index (χ1v) is 13.7. The van der Waals surface area contributed by atoms with Gasteiger partial charge in [0.2, 0.25) is 0 Å². The number of halogens is 4. The molecule has 43 heavy (non-hydrogen) atoms. The molecule has 1 saturated heterocycles. The Morgan fingerprint density at radius 1 is 1.14 bits per heavy atom. The van der Waals surface area contributed by atoms with E-state index >= 15 is 0 Å². The topological polar surface area (TPSA) is 117 Å². The summed E-state index contributed by atoms with van der Waals surface area (Å²) in [6.07, 6.45) is 0.682. The summed E-state index contributed by atoms with van der Waals surface area (Å²) >= 11 is 0. The first-order valence-electron chi connectivity index (χ1n) is 13.7. The average Bonchev–Trinajstić information content (AvgIpc) is 3.55. The highest BCUT2D eigenvalue weighted by Crippen LogP contribution is 2.43. The average molecular weight is 602 g/mol. The van der Waals surface area contributed by atoms with Crippen LogP contribution in [-0.4, -0.2) is 56.5 Å². The van der Waals surface area contributed by atoms with Gasteiger partial charge in [-0.1, -0.05) is 12.1 Å². The molecule has 10 nitrogen and oxygen atoms in total. The van der Waals surface area contributed by atoms with Crippen molar-refractivity contribution in [2.45, 2.75) is 58.0 Å². The predicted molar refractivity (Wildman–Crippen MR) is 151 cm³/mol. The molecule has 0 saturated carbocycles. The van der Waals surface area contributed by atoms with Crippen molar-refractivity contribution in [3.8, 4) is 0 Å².